The van der Waals surface area contributed by atoms with Crippen molar-refractivity contribution in [1.29, 1.82) is 0 Å². The zero-order valence-electron chi connectivity index (χ0n) is 9.83. The van der Waals surface area contributed by atoms with Gasteiger partial charge in [-0.3, -0.25) is 0 Å². The molecule has 2 rings (SSSR count). The third-order valence-electron chi connectivity index (χ3n) is 2.34. The topological polar surface area (TPSA) is 51.0 Å². The van der Waals surface area contributed by atoms with Gasteiger partial charge in [0.2, 0.25) is 5.95 Å². The molecule has 0 aliphatic heterocycles. The van der Waals surface area contributed by atoms with Crippen molar-refractivity contribution in [3.8, 4) is 11.5 Å². The first-order valence-electron chi connectivity index (χ1n) is 5.53. The van der Waals surface area contributed by atoms with Crippen molar-refractivity contribution in [2.45, 2.75) is 20.3 Å². The summed E-state index contributed by atoms with van der Waals surface area (Å²) < 4.78 is 6.33. The Morgan fingerprint density at radius 1 is 1.47 bits per heavy atom. The predicted octanol–water partition coefficient (Wildman–Crippen LogP) is 3.63. The van der Waals surface area contributed by atoms with Crippen molar-refractivity contribution in [3.05, 3.63) is 28.6 Å². The molecule has 0 radical (unpaired) electrons. The summed E-state index contributed by atoms with van der Waals surface area (Å²) in [6, 6.07) is 1.86. The van der Waals surface area contributed by atoms with E-state index in [1.165, 1.54) is 0 Å². The zero-order valence-corrected chi connectivity index (χ0v) is 11.4. The minimum atomic E-state index is 0.635. The largest absolute Gasteiger partial charge is 0.461 e. The Morgan fingerprint density at radius 3 is 2.94 bits per heavy atom. The summed E-state index contributed by atoms with van der Waals surface area (Å²) in [4.78, 5) is 8.70. The van der Waals surface area contributed by atoms with Crippen molar-refractivity contribution >= 4 is 21.9 Å². The number of nitrogens with one attached hydrogen (secondary N) is 1. The summed E-state index contributed by atoms with van der Waals surface area (Å²) in [5.74, 6) is 1.38. The molecule has 0 amide bonds. The van der Waals surface area contributed by atoms with Crippen molar-refractivity contribution < 1.29 is 4.42 Å². The average molecular weight is 296 g/mol. The normalized spacial score (nSPS) is 10.5. The third-order valence-corrected chi connectivity index (χ3v) is 2.96. The molecule has 4 nitrogen and oxygen atoms in total. The number of rotatable bonds is 4. The van der Waals surface area contributed by atoms with Crippen LogP contribution in [0.5, 0.6) is 0 Å². The molecule has 0 aliphatic rings. The fraction of sp³-hybridized carbons (Fsp3) is 0.333. The predicted molar refractivity (Wildman–Crippen MR) is 71.0 cm³/mol. The molecule has 5 heteroatoms. The van der Waals surface area contributed by atoms with Gasteiger partial charge in [0.15, 0.2) is 5.76 Å². The minimum absolute atomic E-state index is 0.635. The second-order valence-electron chi connectivity index (χ2n) is 3.75. The van der Waals surface area contributed by atoms with Gasteiger partial charge in [0.05, 0.1) is 10.7 Å². The lowest BCUT2D eigenvalue weighted by Gasteiger charge is -2.06. The molecule has 0 saturated heterocycles. The zero-order chi connectivity index (χ0) is 12.3. The first-order chi connectivity index (χ1) is 8.22. The number of aromatic nitrogens is 2. The lowest BCUT2D eigenvalue weighted by molar-refractivity contribution is 0.578. The molecule has 0 bridgehead atoms. The van der Waals surface area contributed by atoms with E-state index < -0.39 is 0 Å². The van der Waals surface area contributed by atoms with E-state index in [-0.39, 0.29) is 0 Å². The van der Waals surface area contributed by atoms with Gasteiger partial charge in [-0.05, 0) is 40.9 Å². The number of aryl methyl sites for hydroxylation is 1. The van der Waals surface area contributed by atoms with Crippen LogP contribution in [0.15, 0.2) is 27.4 Å². The van der Waals surface area contributed by atoms with Crippen LogP contribution in [0.3, 0.4) is 0 Å². The second-order valence-corrected chi connectivity index (χ2v) is 4.60. The van der Waals surface area contributed by atoms with Crippen LogP contribution in [0.1, 0.15) is 18.9 Å². The van der Waals surface area contributed by atoms with E-state index in [2.05, 4.69) is 38.1 Å². The molecule has 2 aromatic rings. The number of nitrogens with zero attached hydrogens (tertiary/aromatic N) is 2. The van der Waals surface area contributed by atoms with E-state index in [1.807, 2.05) is 13.0 Å². The molecule has 0 fully saturated rings. The molecule has 0 aromatic carbocycles. The van der Waals surface area contributed by atoms with Gasteiger partial charge < -0.3 is 9.73 Å². The van der Waals surface area contributed by atoms with Gasteiger partial charge in [0.25, 0.3) is 0 Å². The summed E-state index contributed by atoms with van der Waals surface area (Å²) in [5, 5.41) is 3.16. The molecule has 0 aliphatic carbocycles. The maximum atomic E-state index is 5.43. The van der Waals surface area contributed by atoms with E-state index in [0.717, 1.165) is 34.5 Å². The molecule has 0 unspecified atom stereocenters. The van der Waals surface area contributed by atoms with Crippen LogP contribution in [0.2, 0.25) is 0 Å². The van der Waals surface area contributed by atoms with E-state index in [9.17, 15) is 0 Å². The Kier molecular flexibility index (Phi) is 3.78. The lowest BCUT2D eigenvalue weighted by Crippen LogP contribution is -2.05. The van der Waals surface area contributed by atoms with Crippen molar-refractivity contribution in [2.24, 2.45) is 0 Å². The molecular weight excluding hydrogens is 282 g/mol. The van der Waals surface area contributed by atoms with Gasteiger partial charge in [-0.2, -0.15) is 0 Å². The molecule has 0 atom stereocenters. The highest BCUT2D eigenvalue weighted by molar-refractivity contribution is 9.10. The molecule has 90 valence electrons. The van der Waals surface area contributed by atoms with Crippen molar-refractivity contribution in [2.75, 3.05) is 11.9 Å². The maximum Gasteiger partial charge on any atom is 0.223 e. The molecule has 17 heavy (non-hydrogen) atoms. The van der Waals surface area contributed by atoms with Gasteiger partial charge >= 0.3 is 0 Å². The first-order valence-corrected chi connectivity index (χ1v) is 6.32. The Labute approximate surface area is 109 Å². The molecular formula is C12H14BrN3O. The number of hydrogen-bond acceptors (Lipinski definition) is 4. The van der Waals surface area contributed by atoms with Gasteiger partial charge in [0.1, 0.15) is 5.69 Å². The molecule has 0 spiro atoms. The molecule has 0 saturated carbocycles. The molecule has 2 heterocycles. The van der Waals surface area contributed by atoms with Gasteiger partial charge in [-0.1, -0.05) is 6.92 Å². The van der Waals surface area contributed by atoms with E-state index in [4.69, 9.17) is 4.42 Å². The van der Waals surface area contributed by atoms with E-state index >= 15 is 0 Å². The summed E-state index contributed by atoms with van der Waals surface area (Å²) in [6.07, 6.45) is 4.48. The molecule has 1 N–H and O–H groups in total. The van der Waals surface area contributed by atoms with Gasteiger partial charge in [-0.15, -0.1) is 0 Å². The van der Waals surface area contributed by atoms with Gasteiger partial charge in [0, 0.05) is 12.7 Å². The van der Waals surface area contributed by atoms with Crippen molar-refractivity contribution in [3.63, 3.8) is 0 Å². The Bertz CT molecular complexity index is 510. The number of furan rings is 1. The Morgan fingerprint density at radius 2 is 2.29 bits per heavy atom. The van der Waals surface area contributed by atoms with Crippen LogP contribution in [-0.4, -0.2) is 16.5 Å². The maximum absolute atomic E-state index is 5.43. The van der Waals surface area contributed by atoms with Crippen LogP contribution < -0.4 is 5.32 Å². The second kappa shape index (κ2) is 5.31. The number of anilines is 1. The Hall–Kier alpha value is -1.36. The van der Waals surface area contributed by atoms with Crippen LogP contribution in [0, 0.1) is 6.92 Å². The highest BCUT2D eigenvalue weighted by atomic mass is 79.9. The first kappa shape index (κ1) is 12.1. The summed E-state index contributed by atoms with van der Waals surface area (Å²) >= 11 is 3.44. The van der Waals surface area contributed by atoms with Crippen LogP contribution >= 0.6 is 15.9 Å². The number of hydrogen-bond donors (Lipinski definition) is 1. The SMILES string of the molecule is CCCNc1ncc(C)c(-c2occc2Br)n1. The third kappa shape index (κ3) is 2.66. The Balaban J connectivity index is 2.36. The standard InChI is InChI=1S/C12H14BrN3O/c1-3-5-14-12-15-7-8(2)10(16-12)11-9(13)4-6-17-11/h4,6-7H,3,5H2,1-2H3,(H,14,15,16). The summed E-state index contributed by atoms with van der Waals surface area (Å²) in [7, 11) is 0. The fourth-order valence-corrected chi connectivity index (χ4v) is 1.85. The van der Waals surface area contributed by atoms with Crippen LogP contribution in [0.4, 0.5) is 5.95 Å². The van der Waals surface area contributed by atoms with Crippen LogP contribution in [0.25, 0.3) is 11.5 Å². The van der Waals surface area contributed by atoms with Crippen LogP contribution in [-0.2, 0) is 0 Å². The molecule has 2 aromatic heterocycles. The van der Waals surface area contributed by atoms with Crippen molar-refractivity contribution in [1.82, 2.24) is 9.97 Å². The smallest absolute Gasteiger partial charge is 0.223 e. The quantitative estimate of drug-likeness (QED) is 0.936. The van der Waals surface area contributed by atoms with E-state index in [1.54, 1.807) is 12.5 Å². The minimum Gasteiger partial charge on any atom is -0.461 e. The lowest BCUT2D eigenvalue weighted by atomic mass is 10.2. The van der Waals surface area contributed by atoms with E-state index in [0.29, 0.717) is 5.95 Å². The average Bonchev–Trinajstić information content (AvgIpc) is 2.74. The van der Waals surface area contributed by atoms with Gasteiger partial charge in [-0.25, -0.2) is 9.97 Å². The highest BCUT2D eigenvalue weighted by Gasteiger charge is 2.12. The monoisotopic (exact) mass is 295 g/mol. The highest BCUT2D eigenvalue weighted by Crippen LogP contribution is 2.30. The fourth-order valence-electron chi connectivity index (χ4n) is 1.46. The number of halogens is 1. The summed E-state index contributed by atoms with van der Waals surface area (Å²) in [5.41, 5.74) is 1.80. The summed E-state index contributed by atoms with van der Waals surface area (Å²) in [6.45, 7) is 4.93.